The number of H-pyrrole nitrogens is 1. The number of aromatic amines is 1. The molecule has 0 bridgehead atoms. The topological polar surface area (TPSA) is 42.1 Å². The maximum Gasteiger partial charge on any atom is 0.416 e. The largest absolute Gasteiger partial charge is 0.493 e. The van der Waals surface area contributed by atoms with Crippen molar-refractivity contribution < 1.29 is 17.9 Å². The third-order valence-corrected chi connectivity index (χ3v) is 3.64. The van der Waals surface area contributed by atoms with Crippen LogP contribution >= 0.6 is 0 Å². The molecule has 0 aliphatic heterocycles. The second-order valence-electron chi connectivity index (χ2n) is 5.23. The SMILES string of the molecule is CCOc1cc(C(F)(F)F)ccc1-c1cc(=O)c2ccccc2[nH]1. The van der Waals surface area contributed by atoms with Crippen molar-refractivity contribution in [2.24, 2.45) is 0 Å². The van der Waals surface area contributed by atoms with E-state index in [0.717, 1.165) is 12.1 Å². The number of alkyl halides is 3. The molecule has 6 heteroatoms. The van der Waals surface area contributed by atoms with Crippen molar-refractivity contribution in [3.8, 4) is 17.0 Å². The Balaban J connectivity index is 2.20. The molecule has 0 aliphatic rings. The molecule has 1 heterocycles. The highest BCUT2D eigenvalue weighted by Crippen LogP contribution is 2.36. The Kier molecular flexibility index (Phi) is 4.05. The fourth-order valence-electron chi connectivity index (χ4n) is 2.54. The molecule has 3 rings (SSSR count). The predicted molar refractivity (Wildman–Crippen MR) is 86.2 cm³/mol. The Bertz CT molecular complexity index is 945. The van der Waals surface area contributed by atoms with Gasteiger partial charge in [-0.2, -0.15) is 13.2 Å². The van der Waals surface area contributed by atoms with Gasteiger partial charge in [-0.1, -0.05) is 12.1 Å². The molecule has 24 heavy (non-hydrogen) atoms. The Morgan fingerprint density at radius 1 is 1.08 bits per heavy atom. The fourth-order valence-corrected chi connectivity index (χ4v) is 2.54. The van der Waals surface area contributed by atoms with Crippen molar-refractivity contribution in [3.05, 3.63) is 64.3 Å². The summed E-state index contributed by atoms with van der Waals surface area (Å²) in [6, 6.07) is 11.6. The first-order valence-electron chi connectivity index (χ1n) is 7.36. The van der Waals surface area contributed by atoms with Crippen LogP contribution in [0.1, 0.15) is 12.5 Å². The van der Waals surface area contributed by atoms with Gasteiger partial charge in [-0.15, -0.1) is 0 Å². The predicted octanol–water partition coefficient (Wildman–Crippen LogP) is 4.61. The lowest BCUT2D eigenvalue weighted by Gasteiger charge is -2.14. The van der Waals surface area contributed by atoms with E-state index < -0.39 is 11.7 Å². The van der Waals surface area contributed by atoms with Gasteiger partial charge in [0.15, 0.2) is 5.43 Å². The summed E-state index contributed by atoms with van der Waals surface area (Å²) in [5, 5.41) is 0.520. The van der Waals surface area contributed by atoms with Gasteiger partial charge in [-0.3, -0.25) is 4.79 Å². The first kappa shape index (κ1) is 16.1. The standard InChI is InChI=1S/C18H14F3NO2/c1-2-24-17-9-11(18(19,20)21)7-8-13(17)15-10-16(23)12-5-3-4-6-14(12)22-15/h3-10H,2H2,1H3,(H,22,23). The van der Waals surface area contributed by atoms with Gasteiger partial charge in [0.2, 0.25) is 0 Å². The number of pyridine rings is 1. The van der Waals surface area contributed by atoms with E-state index in [1.807, 2.05) is 0 Å². The van der Waals surface area contributed by atoms with Gasteiger partial charge in [0.25, 0.3) is 0 Å². The van der Waals surface area contributed by atoms with Crippen molar-refractivity contribution in [1.29, 1.82) is 0 Å². The van der Waals surface area contributed by atoms with Gasteiger partial charge >= 0.3 is 6.18 Å². The molecule has 0 saturated carbocycles. The molecular formula is C18H14F3NO2. The van der Waals surface area contributed by atoms with E-state index in [0.29, 0.717) is 22.2 Å². The molecule has 124 valence electrons. The van der Waals surface area contributed by atoms with Gasteiger partial charge in [-0.05, 0) is 37.3 Å². The average molecular weight is 333 g/mol. The smallest absolute Gasteiger partial charge is 0.416 e. The van der Waals surface area contributed by atoms with E-state index in [-0.39, 0.29) is 17.8 Å². The summed E-state index contributed by atoms with van der Waals surface area (Å²) in [5.74, 6) is 0.0817. The first-order chi connectivity index (χ1) is 11.4. The van der Waals surface area contributed by atoms with E-state index in [1.54, 1.807) is 31.2 Å². The molecule has 0 fully saturated rings. The van der Waals surface area contributed by atoms with E-state index in [9.17, 15) is 18.0 Å². The maximum absolute atomic E-state index is 12.9. The number of hydrogen-bond acceptors (Lipinski definition) is 2. The summed E-state index contributed by atoms with van der Waals surface area (Å²) >= 11 is 0. The van der Waals surface area contributed by atoms with Crippen molar-refractivity contribution in [1.82, 2.24) is 4.98 Å². The van der Waals surface area contributed by atoms with Crippen LogP contribution in [0.4, 0.5) is 13.2 Å². The van der Waals surface area contributed by atoms with Crippen molar-refractivity contribution in [2.75, 3.05) is 6.61 Å². The molecule has 3 aromatic rings. The number of aromatic nitrogens is 1. The Morgan fingerprint density at radius 3 is 2.54 bits per heavy atom. The molecule has 0 atom stereocenters. The Hall–Kier alpha value is -2.76. The molecular weight excluding hydrogens is 319 g/mol. The number of hydrogen-bond donors (Lipinski definition) is 1. The summed E-state index contributed by atoms with van der Waals surface area (Å²) in [6.07, 6.45) is -4.46. The normalized spacial score (nSPS) is 11.7. The highest BCUT2D eigenvalue weighted by molar-refractivity contribution is 5.82. The fraction of sp³-hybridized carbons (Fsp3) is 0.167. The van der Waals surface area contributed by atoms with E-state index in [2.05, 4.69) is 4.98 Å². The monoisotopic (exact) mass is 333 g/mol. The van der Waals surface area contributed by atoms with Crippen molar-refractivity contribution in [3.63, 3.8) is 0 Å². The van der Waals surface area contributed by atoms with Gasteiger partial charge < -0.3 is 9.72 Å². The third kappa shape index (κ3) is 2.99. The van der Waals surface area contributed by atoms with Crippen molar-refractivity contribution >= 4 is 10.9 Å². The lowest BCUT2D eigenvalue weighted by atomic mass is 10.1. The van der Waals surface area contributed by atoms with Crippen LogP contribution in [0.3, 0.4) is 0 Å². The van der Waals surface area contributed by atoms with Crippen LogP contribution in [-0.4, -0.2) is 11.6 Å². The molecule has 0 radical (unpaired) electrons. The zero-order valence-electron chi connectivity index (χ0n) is 12.8. The van der Waals surface area contributed by atoms with E-state index >= 15 is 0 Å². The minimum absolute atomic E-state index is 0.0817. The van der Waals surface area contributed by atoms with Crippen LogP contribution in [0.5, 0.6) is 5.75 Å². The Labute approximate surface area is 135 Å². The summed E-state index contributed by atoms with van der Waals surface area (Å²) in [4.78, 5) is 15.3. The molecule has 0 unspecified atom stereocenters. The van der Waals surface area contributed by atoms with Gasteiger partial charge in [0.05, 0.1) is 17.9 Å². The average Bonchev–Trinajstić information content (AvgIpc) is 2.54. The molecule has 2 aromatic carbocycles. The Morgan fingerprint density at radius 2 is 1.83 bits per heavy atom. The van der Waals surface area contributed by atoms with Crippen LogP contribution in [0, 0.1) is 0 Å². The number of halogens is 3. The van der Waals surface area contributed by atoms with Gasteiger partial charge in [0, 0.05) is 22.5 Å². The highest BCUT2D eigenvalue weighted by atomic mass is 19.4. The first-order valence-corrected chi connectivity index (χ1v) is 7.36. The van der Waals surface area contributed by atoms with Crippen LogP contribution in [0.25, 0.3) is 22.2 Å². The van der Waals surface area contributed by atoms with Crippen LogP contribution < -0.4 is 10.2 Å². The maximum atomic E-state index is 12.9. The number of rotatable bonds is 3. The zero-order valence-corrected chi connectivity index (χ0v) is 12.8. The number of nitrogens with one attached hydrogen (secondary N) is 1. The lowest BCUT2D eigenvalue weighted by molar-refractivity contribution is -0.137. The minimum atomic E-state index is -4.46. The number of fused-ring (bicyclic) bond motifs is 1. The number of ether oxygens (including phenoxy) is 1. The summed E-state index contributed by atoms with van der Waals surface area (Å²) in [5.41, 5.74) is 0.436. The molecule has 1 aromatic heterocycles. The van der Waals surface area contributed by atoms with E-state index in [1.165, 1.54) is 12.1 Å². The minimum Gasteiger partial charge on any atom is -0.493 e. The molecule has 0 amide bonds. The summed E-state index contributed by atoms with van der Waals surface area (Å²) < 4.78 is 44.1. The van der Waals surface area contributed by atoms with Crippen LogP contribution in [0.15, 0.2) is 53.3 Å². The van der Waals surface area contributed by atoms with E-state index in [4.69, 9.17) is 4.74 Å². The quantitative estimate of drug-likeness (QED) is 0.760. The lowest BCUT2D eigenvalue weighted by Crippen LogP contribution is -2.07. The molecule has 1 N–H and O–H groups in total. The number of benzene rings is 2. The van der Waals surface area contributed by atoms with Gasteiger partial charge in [-0.25, -0.2) is 0 Å². The van der Waals surface area contributed by atoms with Crippen LogP contribution in [-0.2, 0) is 6.18 Å². The van der Waals surface area contributed by atoms with Gasteiger partial charge in [0.1, 0.15) is 5.75 Å². The summed E-state index contributed by atoms with van der Waals surface area (Å²) in [7, 11) is 0. The summed E-state index contributed by atoms with van der Waals surface area (Å²) in [6.45, 7) is 1.90. The number of para-hydroxylation sites is 1. The second kappa shape index (κ2) is 6.03. The second-order valence-corrected chi connectivity index (χ2v) is 5.23. The molecule has 3 nitrogen and oxygen atoms in total. The highest BCUT2D eigenvalue weighted by Gasteiger charge is 2.31. The van der Waals surface area contributed by atoms with Crippen LogP contribution in [0.2, 0.25) is 0 Å². The van der Waals surface area contributed by atoms with Crippen molar-refractivity contribution in [2.45, 2.75) is 13.1 Å². The zero-order chi connectivity index (χ0) is 17.3. The molecule has 0 saturated heterocycles. The third-order valence-electron chi connectivity index (χ3n) is 3.64. The molecule has 0 aliphatic carbocycles. The molecule has 0 spiro atoms.